The summed E-state index contributed by atoms with van der Waals surface area (Å²) in [5, 5.41) is 6.90. The lowest BCUT2D eigenvalue weighted by Crippen LogP contribution is -2.38. The number of thiophene rings is 1. The Hall–Kier alpha value is -3.26. The number of hydrogen-bond acceptors (Lipinski definition) is 5. The number of rotatable bonds is 6. The zero-order chi connectivity index (χ0) is 25.9. The molecule has 0 saturated heterocycles. The molecule has 8 heteroatoms. The summed E-state index contributed by atoms with van der Waals surface area (Å²) < 4.78 is 17.1. The molecule has 6 nitrogen and oxygen atoms in total. The largest absolute Gasteiger partial charge is 0.372 e. The Morgan fingerprint density at radius 2 is 1.97 bits per heavy atom. The molecule has 1 unspecified atom stereocenters. The molecule has 1 aliphatic carbocycles. The number of carbonyl (C=O) groups excluding carboxylic acids is 1. The van der Waals surface area contributed by atoms with Gasteiger partial charge in [-0.25, -0.2) is 13.9 Å². The summed E-state index contributed by atoms with van der Waals surface area (Å²) in [5.41, 5.74) is 4.98. The molecule has 3 aromatic heterocycles. The molecule has 0 N–H and O–H groups in total. The maximum atomic E-state index is 15.3. The Kier molecular flexibility index (Phi) is 5.82. The van der Waals surface area contributed by atoms with Gasteiger partial charge in [0.05, 0.1) is 17.4 Å². The van der Waals surface area contributed by atoms with Gasteiger partial charge in [0.15, 0.2) is 5.65 Å². The molecule has 1 atom stereocenters. The van der Waals surface area contributed by atoms with Gasteiger partial charge in [-0.3, -0.25) is 4.79 Å². The molecule has 2 aliphatic rings. The van der Waals surface area contributed by atoms with Crippen molar-refractivity contribution in [2.24, 2.45) is 0 Å². The van der Waals surface area contributed by atoms with E-state index in [0.717, 1.165) is 43.7 Å². The lowest BCUT2D eigenvalue weighted by molar-refractivity contribution is 0.0673. The van der Waals surface area contributed by atoms with E-state index >= 15 is 4.39 Å². The second-order valence-electron chi connectivity index (χ2n) is 10.4. The smallest absolute Gasteiger partial charge is 0.273 e. The van der Waals surface area contributed by atoms with Crippen molar-refractivity contribution in [2.75, 3.05) is 24.5 Å². The quantitative estimate of drug-likeness (QED) is 0.303. The molecule has 1 aliphatic heterocycles. The van der Waals surface area contributed by atoms with Crippen LogP contribution in [0, 0.1) is 5.82 Å². The lowest BCUT2D eigenvalue weighted by Gasteiger charge is -2.33. The van der Waals surface area contributed by atoms with E-state index < -0.39 is 0 Å². The third kappa shape index (κ3) is 4.02. The zero-order valence-electron chi connectivity index (χ0n) is 21.8. The summed E-state index contributed by atoms with van der Waals surface area (Å²) in [6.07, 6.45) is 2.93. The van der Waals surface area contributed by atoms with Crippen molar-refractivity contribution in [3.63, 3.8) is 0 Å². The Morgan fingerprint density at radius 3 is 2.68 bits per heavy atom. The van der Waals surface area contributed by atoms with Crippen LogP contribution in [0.15, 0.2) is 41.8 Å². The summed E-state index contributed by atoms with van der Waals surface area (Å²) in [6.45, 7) is 10.7. The first-order chi connectivity index (χ1) is 17.8. The molecule has 1 aromatic carbocycles. The van der Waals surface area contributed by atoms with E-state index in [1.54, 1.807) is 29.5 Å². The van der Waals surface area contributed by atoms with Gasteiger partial charge < -0.3 is 9.80 Å². The van der Waals surface area contributed by atoms with E-state index in [0.29, 0.717) is 29.1 Å². The van der Waals surface area contributed by atoms with Crippen molar-refractivity contribution < 1.29 is 9.18 Å². The van der Waals surface area contributed by atoms with Crippen molar-refractivity contribution >= 4 is 28.6 Å². The minimum absolute atomic E-state index is 0.0133. The highest BCUT2D eigenvalue weighted by Crippen LogP contribution is 2.48. The van der Waals surface area contributed by atoms with Crippen LogP contribution in [0.3, 0.4) is 0 Å². The third-order valence-electron chi connectivity index (χ3n) is 8.16. The third-order valence-corrected chi connectivity index (χ3v) is 9.16. The molecule has 1 amide bonds. The van der Waals surface area contributed by atoms with Crippen LogP contribution in [-0.2, 0) is 11.8 Å². The molecule has 0 bridgehead atoms. The van der Waals surface area contributed by atoms with E-state index in [9.17, 15) is 4.79 Å². The predicted molar refractivity (Wildman–Crippen MR) is 146 cm³/mol. The lowest BCUT2D eigenvalue weighted by atomic mass is 10.00. The van der Waals surface area contributed by atoms with Gasteiger partial charge in [0, 0.05) is 47.2 Å². The molecule has 0 spiro atoms. The molecule has 4 aromatic rings. The zero-order valence-corrected chi connectivity index (χ0v) is 22.6. The monoisotopic (exact) mass is 517 g/mol. The summed E-state index contributed by atoms with van der Waals surface area (Å²) >= 11 is 1.76. The minimum atomic E-state index is -0.308. The van der Waals surface area contributed by atoms with Crippen LogP contribution in [0.2, 0.25) is 0 Å². The number of nitrogens with zero attached hydrogens (tertiary/aromatic N) is 5. The second kappa shape index (κ2) is 8.94. The van der Waals surface area contributed by atoms with Crippen molar-refractivity contribution in [2.45, 2.75) is 58.4 Å². The molecule has 1 saturated carbocycles. The van der Waals surface area contributed by atoms with E-state index in [-0.39, 0.29) is 23.2 Å². The molecule has 0 radical (unpaired) electrons. The number of anilines is 1. The average molecular weight is 518 g/mol. The maximum absolute atomic E-state index is 15.3. The van der Waals surface area contributed by atoms with Gasteiger partial charge in [-0.1, -0.05) is 6.92 Å². The number of halogens is 1. The summed E-state index contributed by atoms with van der Waals surface area (Å²) in [6, 6.07) is 11.2. The first-order valence-corrected chi connectivity index (χ1v) is 14.0. The molecule has 37 heavy (non-hydrogen) atoms. The first kappa shape index (κ1) is 24.1. The fourth-order valence-corrected chi connectivity index (χ4v) is 6.48. The van der Waals surface area contributed by atoms with Gasteiger partial charge >= 0.3 is 0 Å². The predicted octanol–water partition coefficient (Wildman–Crippen LogP) is 6.25. The molecule has 6 rings (SSSR count). The number of amides is 1. The van der Waals surface area contributed by atoms with Gasteiger partial charge in [0.25, 0.3) is 5.91 Å². The van der Waals surface area contributed by atoms with Crippen LogP contribution in [0.4, 0.5) is 10.1 Å². The molecule has 4 heterocycles. The standard InChI is InChI=1S/C29H32FN5OS/c1-5-33(6-2)19-7-8-21(22(30)15-19)23-17-27-31-24(16-26(35(27)32-23)29(4)11-12-29)28(36)34-13-9-25-20(18(34)3)10-14-37-25/h7-8,10,14-18H,5-6,9,11-13H2,1-4H3. The van der Waals surface area contributed by atoms with Gasteiger partial charge in [-0.05, 0) is 81.3 Å². The van der Waals surface area contributed by atoms with Crippen LogP contribution >= 0.6 is 11.3 Å². The van der Waals surface area contributed by atoms with E-state index in [1.807, 2.05) is 21.5 Å². The van der Waals surface area contributed by atoms with E-state index in [2.05, 4.69) is 44.0 Å². The summed E-state index contributed by atoms with van der Waals surface area (Å²) in [5.74, 6) is -0.369. The summed E-state index contributed by atoms with van der Waals surface area (Å²) in [7, 11) is 0. The van der Waals surface area contributed by atoms with Gasteiger partial charge in [-0.2, -0.15) is 5.10 Å². The molecule has 1 fully saturated rings. The topological polar surface area (TPSA) is 53.7 Å². The van der Waals surface area contributed by atoms with Crippen molar-refractivity contribution in [3.05, 3.63) is 69.4 Å². The Bertz CT molecular complexity index is 1500. The highest BCUT2D eigenvalue weighted by atomic mass is 32.1. The number of benzene rings is 1. The van der Waals surface area contributed by atoms with Crippen molar-refractivity contribution in [1.82, 2.24) is 19.5 Å². The number of carbonyl (C=O) groups is 1. The second-order valence-corrected chi connectivity index (χ2v) is 11.4. The van der Waals surface area contributed by atoms with Crippen LogP contribution in [0.5, 0.6) is 0 Å². The van der Waals surface area contributed by atoms with Crippen LogP contribution in [0.25, 0.3) is 16.9 Å². The van der Waals surface area contributed by atoms with Gasteiger partial charge in [0.2, 0.25) is 0 Å². The summed E-state index contributed by atoms with van der Waals surface area (Å²) in [4.78, 5) is 23.9. The minimum Gasteiger partial charge on any atom is -0.372 e. The normalized spacial score (nSPS) is 18.2. The highest BCUT2D eigenvalue weighted by molar-refractivity contribution is 7.10. The van der Waals surface area contributed by atoms with Gasteiger partial charge in [-0.15, -0.1) is 11.3 Å². The van der Waals surface area contributed by atoms with Gasteiger partial charge in [0.1, 0.15) is 11.5 Å². The number of fused-ring (bicyclic) bond motifs is 2. The Morgan fingerprint density at radius 1 is 1.19 bits per heavy atom. The van der Waals surface area contributed by atoms with E-state index in [4.69, 9.17) is 10.1 Å². The fraction of sp³-hybridized carbons (Fsp3) is 0.414. The van der Waals surface area contributed by atoms with Crippen LogP contribution in [-0.4, -0.2) is 45.0 Å². The van der Waals surface area contributed by atoms with Crippen molar-refractivity contribution in [1.29, 1.82) is 0 Å². The van der Waals surface area contributed by atoms with Crippen molar-refractivity contribution in [3.8, 4) is 11.3 Å². The van der Waals surface area contributed by atoms with Crippen LogP contribution in [0.1, 0.15) is 73.2 Å². The first-order valence-electron chi connectivity index (χ1n) is 13.2. The van der Waals surface area contributed by atoms with Crippen LogP contribution < -0.4 is 4.90 Å². The molecular formula is C29H32FN5OS. The maximum Gasteiger partial charge on any atom is 0.273 e. The molecule has 192 valence electrons. The number of hydrogen-bond donors (Lipinski definition) is 0. The Balaban J connectivity index is 1.40. The molecular weight excluding hydrogens is 485 g/mol. The fourth-order valence-electron chi connectivity index (χ4n) is 5.52. The average Bonchev–Trinajstić information content (AvgIpc) is 3.28. The SMILES string of the molecule is CCN(CC)c1ccc(-c2cc3nc(C(=O)N4CCc5sccc5C4C)cc(C4(C)CC4)n3n2)c(F)c1. The Labute approximate surface area is 220 Å². The highest BCUT2D eigenvalue weighted by Gasteiger charge is 2.42. The number of aromatic nitrogens is 3. The van der Waals surface area contributed by atoms with E-state index in [1.165, 1.54) is 10.4 Å².